The number of carbonyl (C=O) groups is 4. The van der Waals surface area contributed by atoms with E-state index in [9.17, 15) is 29.4 Å². The van der Waals surface area contributed by atoms with Crippen LogP contribution in [0.4, 0.5) is 0 Å². The lowest BCUT2D eigenvalue weighted by Crippen LogP contribution is -2.66. The first-order valence-electron chi connectivity index (χ1n) is 13.0. The van der Waals surface area contributed by atoms with E-state index in [1.165, 1.54) is 19.1 Å². The highest BCUT2D eigenvalue weighted by Gasteiger charge is 2.41. The summed E-state index contributed by atoms with van der Waals surface area (Å²) in [5.41, 5.74) is 0.774. The Hall–Kier alpha value is -3.96. The molecule has 2 fully saturated rings. The molecule has 0 bridgehead atoms. The molecule has 0 radical (unpaired) electrons. The van der Waals surface area contributed by atoms with E-state index in [0.717, 1.165) is 5.56 Å². The quantitative estimate of drug-likeness (QED) is 0.312. The van der Waals surface area contributed by atoms with Crippen LogP contribution in [-0.4, -0.2) is 76.8 Å². The summed E-state index contributed by atoms with van der Waals surface area (Å²) in [6, 6.07) is 10.9. The number of amides is 4. The molecule has 2 saturated heterocycles. The Kier molecular flexibility index (Phi) is 8.82. The maximum absolute atomic E-state index is 13.6. The summed E-state index contributed by atoms with van der Waals surface area (Å²) in [6.07, 6.45) is -1.11. The topological polar surface area (TPSA) is 166 Å². The zero-order valence-corrected chi connectivity index (χ0v) is 21.8. The third-order valence-corrected chi connectivity index (χ3v) is 7.24. The fraction of sp³-hybridized carbons (Fsp3) is 0.429. The molecule has 2 aromatic rings. The van der Waals surface area contributed by atoms with Crippen molar-refractivity contribution in [1.82, 2.24) is 21.3 Å². The van der Waals surface area contributed by atoms with Gasteiger partial charge in [0.2, 0.25) is 17.7 Å². The van der Waals surface area contributed by atoms with Crippen molar-refractivity contribution >= 4 is 23.6 Å². The van der Waals surface area contributed by atoms with E-state index >= 15 is 0 Å². The van der Waals surface area contributed by atoms with Crippen molar-refractivity contribution in [2.45, 2.75) is 63.1 Å². The minimum Gasteiger partial charge on any atom is -0.507 e. The van der Waals surface area contributed by atoms with Gasteiger partial charge in [-0.3, -0.25) is 19.2 Å². The van der Waals surface area contributed by atoms with E-state index in [2.05, 4.69) is 21.3 Å². The molecule has 0 saturated carbocycles. The first-order valence-corrected chi connectivity index (χ1v) is 13.0. The summed E-state index contributed by atoms with van der Waals surface area (Å²) in [5.74, 6) is -3.78. The van der Waals surface area contributed by atoms with Crippen LogP contribution in [0.5, 0.6) is 5.75 Å². The van der Waals surface area contributed by atoms with Gasteiger partial charge in [0, 0.05) is 6.61 Å². The van der Waals surface area contributed by atoms with Crippen molar-refractivity contribution in [3.8, 4) is 5.75 Å². The van der Waals surface area contributed by atoms with Crippen LogP contribution in [0.15, 0.2) is 54.6 Å². The van der Waals surface area contributed by atoms with E-state index in [0.29, 0.717) is 13.0 Å². The van der Waals surface area contributed by atoms with Crippen LogP contribution in [0.2, 0.25) is 0 Å². The number of benzene rings is 2. The van der Waals surface area contributed by atoms with Crippen molar-refractivity contribution in [1.29, 1.82) is 0 Å². The molecule has 6 N–H and O–H groups in total. The molecule has 39 heavy (non-hydrogen) atoms. The van der Waals surface area contributed by atoms with Crippen molar-refractivity contribution in [2.75, 3.05) is 6.61 Å². The van der Waals surface area contributed by atoms with E-state index in [1.807, 2.05) is 30.3 Å². The first-order chi connectivity index (χ1) is 18.7. The maximum atomic E-state index is 13.6. The Morgan fingerprint density at radius 3 is 2.26 bits per heavy atom. The van der Waals surface area contributed by atoms with E-state index in [1.54, 1.807) is 19.1 Å². The average molecular weight is 539 g/mol. The van der Waals surface area contributed by atoms with Crippen LogP contribution in [0, 0.1) is 5.92 Å². The number of nitrogens with one attached hydrogen (secondary N) is 4. The molecule has 2 heterocycles. The highest BCUT2D eigenvalue weighted by molar-refractivity contribution is 6.00. The van der Waals surface area contributed by atoms with Gasteiger partial charge >= 0.3 is 0 Å². The van der Waals surface area contributed by atoms with E-state index in [4.69, 9.17) is 4.74 Å². The zero-order valence-electron chi connectivity index (χ0n) is 21.8. The number of aromatic hydroxyl groups is 1. The van der Waals surface area contributed by atoms with Gasteiger partial charge in [-0.25, -0.2) is 0 Å². The molecule has 2 aliphatic rings. The number of hydrogen-bond acceptors (Lipinski definition) is 7. The van der Waals surface area contributed by atoms with Crippen LogP contribution in [0.25, 0.3) is 0 Å². The van der Waals surface area contributed by atoms with Gasteiger partial charge < -0.3 is 36.2 Å². The van der Waals surface area contributed by atoms with Gasteiger partial charge in [0.25, 0.3) is 5.91 Å². The zero-order chi connectivity index (χ0) is 28.1. The fourth-order valence-electron chi connectivity index (χ4n) is 4.73. The molecular weight excluding hydrogens is 504 g/mol. The molecule has 2 aliphatic heterocycles. The maximum Gasteiger partial charge on any atom is 0.255 e. The number of aliphatic hydroxyl groups is 1. The molecule has 11 heteroatoms. The van der Waals surface area contributed by atoms with Crippen molar-refractivity contribution in [3.05, 3.63) is 65.7 Å². The molecule has 2 aromatic carbocycles. The van der Waals surface area contributed by atoms with Crippen LogP contribution < -0.4 is 21.3 Å². The summed E-state index contributed by atoms with van der Waals surface area (Å²) >= 11 is 0. The highest BCUT2D eigenvalue weighted by atomic mass is 16.5. The van der Waals surface area contributed by atoms with Gasteiger partial charge in [0.15, 0.2) is 0 Å². The molecule has 11 nitrogen and oxygen atoms in total. The Balaban J connectivity index is 1.67. The van der Waals surface area contributed by atoms with Gasteiger partial charge in [0.05, 0.1) is 35.8 Å². The SMILES string of the molecule is C[C@H]1NC(=O)C(C2CCO2)NC(=O)[C@H](C)[C@H](O)[C@H](Cc2ccccc2)NC(=O)[C@H]1NC(=O)c1ccccc1O. The van der Waals surface area contributed by atoms with Gasteiger partial charge in [-0.15, -0.1) is 0 Å². The minimum atomic E-state index is -1.32. The summed E-state index contributed by atoms with van der Waals surface area (Å²) in [6.45, 7) is 3.51. The molecule has 7 atom stereocenters. The standard InChI is InChI=1S/C28H34N4O7/c1-15-24(34)19(14-17-8-4-3-5-9-17)30-27(37)22(31-26(36)18-10-6-7-11-20(18)33)16(2)29-28(38)23(32-25(15)35)21-12-13-39-21/h3-11,15-16,19,21-24,33-34H,12-14H2,1-2H3,(H,29,38)(H,30,37)(H,31,36)(H,32,35)/t15-,16-,19+,21?,22+,23?,24+/m1/s1. The molecule has 0 aliphatic carbocycles. The minimum absolute atomic E-state index is 0.0440. The lowest BCUT2D eigenvalue weighted by molar-refractivity contribution is -0.144. The third kappa shape index (κ3) is 6.55. The van der Waals surface area contributed by atoms with Gasteiger partial charge in [-0.05, 0) is 37.5 Å². The predicted molar refractivity (Wildman–Crippen MR) is 141 cm³/mol. The highest BCUT2D eigenvalue weighted by Crippen LogP contribution is 2.20. The number of para-hydroxylation sites is 1. The number of carbonyl (C=O) groups excluding carboxylic acids is 4. The second-order valence-electron chi connectivity index (χ2n) is 10.0. The first kappa shape index (κ1) is 28.1. The fourth-order valence-corrected chi connectivity index (χ4v) is 4.73. The van der Waals surface area contributed by atoms with E-state index < -0.39 is 65.9 Å². The number of ether oxygens (including phenoxy) is 1. The van der Waals surface area contributed by atoms with Gasteiger partial charge in [0.1, 0.15) is 17.8 Å². The number of aliphatic hydroxyl groups excluding tert-OH is 1. The van der Waals surface area contributed by atoms with Crippen LogP contribution in [-0.2, 0) is 25.5 Å². The molecular formula is C28H34N4O7. The lowest BCUT2D eigenvalue weighted by Gasteiger charge is -2.37. The molecule has 208 valence electrons. The monoisotopic (exact) mass is 538 g/mol. The Morgan fingerprint density at radius 1 is 0.949 bits per heavy atom. The van der Waals surface area contributed by atoms with Crippen molar-refractivity contribution in [3.63, 3.8) is 0 Å². The Morgan fingerprint density at radius 2 is 1.62 bits per heavy atom. The smallest absolute Gasteiger partial charge is 0.255 e. The summed E-state index contributed by atoms with van der Waals surface area (Å²) in [7, 11) is 0. The summed E-state index contributed by atoms with van der Waals surface area (Å²) in [4.78, 5) is 53.0. The number of rotatable bonds is 5. The largest absolute Gasteiger partial charge is 0.507 e. The molecule has 4 amide bonds. The van der Waals surface area contributed by atoms with Crippen LogP contribution >= 0.6 is 0 Å². The normalized spacial score (nSPS) is 29.9. The van der Waals surface area contributed by atoms with Gasteiger partial charge in [-0.1, -0.05) is 49.4 Å². The molecule has 0 aromatic heterocycles. The van der Waals surface area contributed by atoms with Crippen molar-refractivity contribution < 1.29 is 34.1 Å². The second kappa shape index (κ2) is 12.3. The average Bonchev–Trinajstić information content (AvgIpc) is 2.89. The Bertz CT molecular complexity index is 1200. The van der Waals surface area contributed by atoms with E-state index in [-0.39, 0.29) is 17.7 Å². The lowest BCUT2D eigenvalue weighted by atomic mass is 9.90. The molecule has 4 rings (SSSR count). The van der Waals surface area contributed by atoms with Crippen molar-refractivity contribution in [2.24, 2.45) is 5.92 Å². The van der Waals surface area contributed by atoms with Gasteiger partial charge in [-0.2, -0.15) is 0 Å². The van der Waals surface area contributed by atoms with Crippen LogP contribution in [0.3, 0.4) is 0 Å². The number of phenolic OH excluding ortho intramolecular Hbond substituents is 1. The second-order valence-corrected chi connectivity index (χ2v) is 10.0. The van der Waals surface area contributed by atoms with Crippen LogP contribution in [0.1, 0.15) is 36.2 Å². The number of hydrogen-bond donors (Lipinski definition) is 6. The Labute approximate surface area is 226 Å². The number of phenols is 1. The molecule has 2 unspecified atom stereocenters. The summed E-state index contributed by atoms with van der Waals surface area (Å²) < 4.78 is 5.48. The third-order valence-electron chi connectivity index (χ3n) is 7.24. The summed E-state index contributed by atoms with van der Waals surface area (Å²) in [5, 5.41) is 32.2. The predicted octanol–water partition coefficient (Wildman–Crippen LogP) is 0.00710. The molecule has 0 spiro atoms.